The van der Waals surface area contributed by atoms with Crippen LogP contribution in [0, 0.1) is 11.7 Å². The van der Waals surface area contributed by atoms with E-state index in [-0.39, 0.29) is 5.69 Å². The van der Waals surface area contributed by atoms with Crippen LogP contribution in [0.15, 0.2) is 47.3 Å². The van der Waals surface area contributed by atoms with Gasteiger partial charge in [-0.15, -0.1) is 0 Å². The Morgan fingerprint density at radius 3 is 2.84 bits per heavy atom. The number of ether oxygens (including phenoxy) is 1. The molecule has 19 heavy (non-hydrogen) atoms. The summed E-state index contributed by atoms with van der Waals surface area (Å²) in [5, 5.41) is 0. The number of rotatable bonds is 5. The average Bonchev–Trinajstić information content (AvgIpc) is 2.35. The van der Waals surface area contributed by atoms with E-state index in [2.05, 4.69) is 11.7 Å². The van der Waals surface area contributed by atoms with E-state index in [1.165, 1.54) is 18.6 Å². The summed E-state index contributed by atoms with van der Waals surface area (Å²) >= 11 is 0. The number of anilines is 1. The fourth-order valence-electron chi connectivity index (χ4n) is 1.80. The van der Waals surface area contributed by atoms with E-state index in [4.69, 9.17) is 10.5 Å². The highest BCUT2D eigenvalue weighted by Gasteiger charge is 2.16. The second-order valence-electron chi connectivity index (χ2n) is 4.54. The monoisotopic (exact) mass is 260 g/mol. The molecule has 2 rings (SSSR count). The Labute approximate surface area is 112 Å². The van der Waals surface area contributed by atoms with Crippen molar-refractivity contribution in [3.63, 3.8) is 0 Å². The number of hydrogen-bond acceptors (Lipinski definition) is 3. The Balaban J connectivity index is 2.14. The number of allylic oxidation sites excluding steroid dienone is 2. The predicted octanol–water partition coefficient (Wildman–Crippen LogP) is 3.69. The number of nitrogens with zero attached hydrogens (tertiary/aromatic N) is 1. The normalized spacial score (nSPS) is 16.4. The summed E-state index contributed by atoms with van der Waals surface area (Å²) in [6.45, 7) is 3.38. The zero-order valence-corrected chi connectivity index (χ0v) is 10.7. The van der Waals surface area contributed by atoms with E-state index in [0.29, 0.717) is 17.4 Å². The second kappa shape index (κ2) is 6.18. The van der Waals surface area contributed by atoms with E-state index in [1.54, 1.807) is 18.3 Å². The topological polar surface area (TPSA) is 47.6 Å². The van der Waals surface area contributed by atoms with E-state index in [9.17, 15) is 4.39 Å². The van der Waals surface area contributed by atoms with Crippen LogP contribution in [0.1, 0.15) is 19.3 Å². The Morgan fingerprint density at radius 2 is 2.26 bits per heavy atom. The van der Waals surface area contributed by atoms with E-state index >= 15 is 0 Å². The van der Waals surface area contributed by atoms with Gasteiger partial charge in [0.05, 0.1) is 5.69 Å². The van der Waals surface area contributed by atoms with Crippen molar-refractivity contribution in [1.82, 2.24) is 0 Å². The van der Waals surface area contributed by atoms with Crippen molar-refractivity contribution in [2.24, 2.45) is 10.9 Å². The van der Waals surface area contributed by atoms with Crippen LogP contribution >= 0.6 is 0 Å². The maximum Gasteiger partial charge on any atom is 0.149 e. The molecule has 0 aromatic heterocycles. The highest BCUT2D eigenvalue weighted by atomic mass is 19.1. The zero-order chi connectivity index (χ0) is 13.7. The highest BCUT2D eigenvalue weighted by molar-refractivity contribution is 5.44. The Morgan fingerprint density at radius 1 is 1.47 bits per heavy atom. The van der Waals surface area contributed by atoms with E-state index in [0.717, 1.165) is 12.8 Å². The van der Waals surface area contributed by atoms with Gasteiger partial charge in [0.1, 0.15) is 17.3 Å². The molecule has 1 saturated carbocycles. The molecule has 0 saturated heterocycles. The van der Waals surface area contributed by atoms with Crippen molar-refractivity contribution in [1.29, 1.82) is 0 Å². The lowest BCUT2D eigenvalue weighted by molar-refractivity contribution is 0.366. The Bertz CT molecular complexity index is 519. The molecule has 1 aliphatic rings. The van der Waals surface area contributed by atoms with Crippen LogP contribution in [0.2, 0.25) is 0 Å². The summed E-state index contributed by atoms with van der Waals surface area (Å²) in [5.41, 5.74) is 5.54. The molecule has 0 radical (unpaired) electrons. The number of nitrogen functional groups attached to an aromatic ring is 1. The van der Waals surface area contributed by atoms with Gasteiger partial charge in [0, 0.05) is 12.3 Å². The first kappa shape index (κ1) is 13.3. The second-order valence-corrected chi connectivity index (χ2v) is 4.54. The number of nitrogens with two attached hydrogens (primary N) is 1. The highest BCUT2D eigenvalue weighted by Crippen LogP contribution is 2.29. The number of halogens is 1. The lowest BCUT2D eigenvalue weighted by Gasteiger charge is -2.22. The largest absolute Gasteiger partial charge is 0.458 e. The van der Waals surface area contributed by atoms with Crippen molar-refractivity contribution in [3.8, 4) is 5.75 Å². The molecule has 100 valence electrons. The maximum absolute atomic E-state index is 13.4. The quantitative estimate of drug-likeness (QED) is 0.380. The lowest BCUT2D eigenvalue weighted by Crippen LogP contribution is -2.09. The summed E-state index contributed by atoms with van der Waals surface area (Å²) < 4.78 is 19.0. The van der Waals surface area contributed by atoms with Gasteiger partial charge in [-0.3, -0.25) is 4.99 Å². The minimum atomic E-state index is -0.480. The third-order valence-electron chi connectivity index (χ3n) is 3.10. The molecule has 0 unspecified atom stereocenters. The van der Waals surface area contributed by atoms with Crippen molar-refractivity contribution < 1.29 is 9.13 Å². The third kappa shape index (κ3) is 3.68. The van der Waals surface area contributed by atoms with Crippen LogP contribution in [-0.2, 0) is 0 Å². The molecule has 1 fully saturated rings. The number of hydrogen-bond donors (Lipinski definition) is 1. The fourth-order valence-corrected chi connectivity index (χ4v) is 1.80. The van der Waals surface area contributed by atoms with Crippen molar-refractivity contribution in [3.05, 3.63) is 48.1 Å². The summed E-state index contributed by atoms with van der Waals surface area (Å²) in [6.07, 6.45) is 8.89. The molecular weight excluding hydrogens is 243 g/mol. The van der Waals surface area contributed by atoms with Crippen LogP contribution in [-0.4, -0.2) is 6.72 Å². The lowest BCUT2D eigenvalue weighted by atomic mass is 9.85. The number of benzene rings is 1. The first-order valence-electron chi connectivity index (χ1n) is 6.26. The van der Waals surface area contributed by atoms with Crippen LogP contribution < -0.4 is 10.5 Å². The minimum Gasteiger partial charge on any atom is -0.458 e. The Kier molecular flexibility index (Phi) is 4.34. The molecule has 4 heteroatoms. The predicted molar refractivity (Wildman–Crippen MR) is 75.6 cm³/mol. The van der Waals surface area contributed by atoms with Crippen molar-refractivity contribution >= 4 is 12.4 Å². The first-order valence-corrected chi connectivity index (χ1v) is 6.26. The Hall–Kier alpha value is -2.10. The molecule has 3 nitrogen and oxygen atoms in total. The van der Waals surface area contributed by atoms with Crippen LogP contribution in [0.5, 0.6) is 5.75 Å². The maximum atomic E-state index is 13.4. The molecule has 0 spiro atoms. The van der Waals surface area contributed by atoms with Gasteiger partial charge in [-0.05, 0) is 49.8 Å². The summed E-state index contributed by atoms with van der Waals surface area (Å²) in [6, 6.07) is 4.41. The molecular formula is C15H17FN2O. The van der Waals surface area contributed by atoms with Gasteiger partial charge in [-0.1, -0.05) is 6.42 Å². The summed E-state index contributed by atoms with van der Waals surface area (Å²) in [5.74, 6) is 1.13. The summed E-state index contributed by atoms with van der Waals surface area (Å²) in [4.78, 5) is 3.65. The van der Waals surface area contributed by atoms with E-state index < -0.39 is 5.82 Å². The molecule has 0 amide bonds. The molecule has 1 aromatic rings. The van der Waals surface area contributed by atoms with Gasteiger partial charge in [0.15, 0.2) is 0 Å². The zero-order valence-electron chi connectivity index (χ0n) is 10.7. The standard InChI is InChI=1S/C15H17FN2O/c1-18-8-7-13(9-11-3-2-4-11)19-12-5-6-15(17)14(16)10-12/h5-11H,1-4,17H2/b8-7-,13-9+. The minimum absolute atomic E-state index is 0.111. The average molecular weight is 260 g/mol. The number of aliphatic imine (C=N–C) groups is 1. The van der Waals surface area contributed by atoms with Crippen LogP contribution in [0.4, 0.5) is 10.1 Å². The van der Waals surface area contributed by atoms with Crippen LogP contribution in [0.25, 0.3) is 0 Å². The van der Waals surface area contributed by atoms with E-state index in [1.807, 2.05) is 6.08 Å². The SMILES string of the molecule is C=N/C=C\C(=C/C1CCC1)Oc1ccc(N)c(F)c1. The molecule has 0 atom stereocenters. The van der Waals surface area contributed by atoms with Gasteiger partial charge in [-0.2, -0.15) is 0 Å². The molecule has 1 aliphatic carbocycles. The molecule has 0 bridgehead atoms. The van der Waals surface area contributed by atoms with Gasteiger partial charge in [-0.25, -0.2) is 4.39 Å². The van der Waals surface area contributed by atoms with Gasteiger partial charge in [0.25, 0.3) is 0 Å². The fraction of sp³-hybridized carbons (Fsp3) is 0.267. The van der Waals surface area contributed by atoms with Gasteiger partial charge in [0.2, 0.25) is 0 Å². The smallest absolute Gasteiger partial charge is 0.149 e. The summed E-state index contributed by atoms with van der Waals surface area (Å²) in [7, 11) is 0. The van der Waals surface area contributed by atoms with Crippen molar-refractivity contribution in [2.45, 2.75) is 19.3 Å². The van der Waals surface area contributed by atoms with Crippen molar-refractivity contribution in [2.75, 3.05) is 5.73 Å². The third-order valence-corrected chi connectivity index (χ3v) is 3.10. The van der Waals surface area contributed by atoms with Gasteiger partial charge >= 0.3 is 0 Å². The van der Waals surface area contributed by atoms with Gasteiger partial charge < -0.3 is 10.5 Å². The van der Waals surface area contributed by atoms with Crippen LogP contribution in [0.3, 0.4) is 0 Å². The molecule has 1 aromatic carbocycles. The molecule has 2 N–H and O–H groups in total. The first-order chi connectivity index (χ1) is 9.19. The molecule has 0 heterocycles. The molecule has 0 aliphatic heterocycles.